The Morgan fingerprint density at radius 2 is 2.43 bits per heavy atom. The Labute approximate surface area is 84.1 Å². The van der Waals surface area contributed by atoms with Crippen LogP contribution in [0.2, 0.25) is 0 Å². The summed E-state index contributed by atoms with van der Waals surface area (Å²) in [5.41, 5.74) is 0. The molecule has 1 aliphatic rings. The van der Waals surface area contributed by atoms with Crippen molar-refractivity contribution in [2.45, 2.75) is 44.4 Å². The first-order valence-electron chi connectivity index (χ1n) is 5.25. The van der Waals surface area contributed by atoms with Gasteiger partial charge in [0.1, 0.15) is 5.76 Å². The van der Waals surface area contributed by atoms with Crippen molar-refractivity contribution in [1.82, 2.24) is 5.32 Å². The minimum absolute atomic E-state index is 0.183. The lowest BCUT2D eigenvalue weighted by Crippen LogP contribution is -2.37. The van der Waals surface area contributed by atoms with E-state index in [1.165, 1.54) is 0 Å². The molecule has 0 bridgehead atoms. The molecule has 1 aromatic heterocycles. The van der Waals surface area contributed by atoms with Gasteiger partial charge in [-0.3, -0.25) is 0 Å². The number of nitrogens with one attached hydrogen (secondary N) is 1. The van der Waals surface area contributed by atoms with Gasteiger partial charge in [-0.15, -0.1) is 0 Å². The molecular weight excluding hydrogens is 178 g/mol. The Kier molecular flexibility index (Phi) is 2.89. The van der Waals surface area contributed by atoms with Crippen LogP contribution in [0.3, 0.4) is 0 Å². The molecule has 0 spiro atoms. The van der Waals surface area contributed by atoms with Crippen LogP contribution in [0, 0.1) is 0 Å². The van der Waals surface area contributed by atoms with E-state index >= 15 is 0 Å². The standard InChI is InChI=1S/C11H17NO2/c1-8(11-6-3-7-14-11)12-9-4-2-5-10(9)13/h3,6-10,12-13H,2,4-5H2,1H3/t8?,9-,10-/m1/s1. The monoisotopic (exact) mass is 195 g/mol. The average molecular weight is 195 g/mol. The second-order valence-electron chi connectivity index (χ2n) is 4.01. The summed E-state index contributed by atoms with van der Waals surface area (Å²) in [7, 11) is 0. The molecule has 0 aromatic carbocycles. The molecule has 1 saturated carbocycles. The van der Waals surface area contributed by atoms with Crippen LogP contribution in [0.4, 0.5) is 0 Å². The highest BCUT2D eigenvalue weighted by molar-refractivity contribution is 5.04. The zero-order chi connectivity index (χ0) is 9.97. The lowest BCUT2D eigenvalue weighted by Gasteiger charge is -2.20. The minimum Gasteiger partial charge on any atom is -0.468 e. The van der Waals surface area contributed by atoms with Gasteiger partial charge in [-0.25, -0.2) is 0 Å². The van der Waals surface area contributed by atoms with Crippen molar-refractivity contribution in [3.63, 3.8) is 0 Å². The number of aliphatic hydroxyl groups is 1. The van der Waals surface area contributed by atoms with Crippen LogP contribution in [-0.4, -0.2) is 17.3 Å². The Morgan fingerprint density at radius 3 is 3.00 bits per heavy atom. The molecule has 3 heteroatoms. The van der Waals surface area contributed by atoms with Gasteiger partial charge in [0, 0.05) is 6.04 Å². The van der Waals surface area contributed by atoms with Crippen LogP contribution in [0.15, 0.2) is 22.8 Å². The van der Waals surface area contributed by atoms with Gasteiger partial charge in [-0.1, -0.05) is 0 Å². The maximum Gasteiger partial charge on any atom is 0.120 e. The highest BCUT2D eigenvalue weighted by Crippen LogP contribution is 2.22. The SMILES string of the molecule is CC(N[C@@H]1CCC[C@H]1O)c1ccco1. The maximum absolute atomic E-state index is 9.64. The second kappa shape index (κ2) is 4.15. The summed E-state index contributed by atoms with van der Waals surface area (Å²) in [6, 6.07) is 4.26. The molecule has 0 amide bonds. The Morgan fingerprint density at radius 1 is 1.57 bits per heavy atom. The fourth-order valence-electron chi connectivity index (χ4n) is 2.08. The minimum atomic E-state index is -0.188. The summed E-state index contributed by atoms with van der Waals surface area (Å²) < 4.78 is 5.30. The van der Waals surface area contributed by atoms with Crippen LogP contribution >= 0.6 is 0 Å². The topological polar surface area (TPSA) is 45.4 Å². The Bertz CT molecular complexity index is 271. The Balaban J connectivity index is 1.91. The van der Waals surface area contributed by atoms with E-state index in [0.717, 1.165) is 25.0 Å². The number of hydrogen-bond acceptors (Lipinski definition) is 3. The maximum atomic E-state index is 9.64. The van der Waals surface area contributed by atoms with Crippen molar-refractivity contribution >= 4 is 0 Å². The lowest BCUT2D eigenvalue weighted by atomic mass is 10.1. The molecule has 78 valence electrons. The van der Waals surface area contributed by atoms with Crippen LogP contribution in [0.5, 0.6) is 0 Å². The molecule has 3 nitrogen and oxygen atoms in total. The third-order valence-corrected chi connectivity index (χ3v) is 2.91. The van der Waals surface area contributed by atoms with Crippen LogP contribution in [-0.2, 0) is 0 Å². The van der Waals surface area contributed by atoms with Gasteiger partial charge < -0.3 is 14.8 Å². The molecule has 1 aromatic rings. The summed E-state index contributed by atoms with van der Waals surface area (Å²) >= 11 is 0. The number of furan rings is 1. The van der Waals surface area contributed by atoms with Crippen LogP contribution < -0.4 is 5.32 Å². The summed E-state index contributed by atoms with van der Waals surface area (Å²) in [6.07, 6.45) is 4.59. The van der Waals surface area contributed by atoms with Crippen molar-refractivity contribution < 1.29 is 9.52 Å². The largest absolute Gasteiger partial charge is 0.468 e. The summed E-state index contributed by atoms with van der Waals surface area (Å²) in [6.45, 7) is 2.06. The molecule has 0 saturated heterocycles. The lowest BCUT2D eigenvalue weighted by molar-refractivity contribution is 0.142. The fraction of sp³-hybridized carbons (Fsp3) is 0.636. The van der Waals surface area contributed by atoms with E-state index in [2.05, 4.69) is 12.2 Å². The molecular formula is C11H17NO2. The van der Waals surface area contributed by atoms with E-state index in [-0.39, 0.29) is 18.2 Å². The second-order valence-corrected chi connectivity index (χ2v) is 4.01. The molecule has 2 rings (SSSR count). The number of rotatable bonds is 3. The van der Waals surface area contributed by atoms with Crippen molar-refractivity contribution in [1.29, 1.82) is 0 Å². The third-order valence-electron chi connectivity index (χ3n) is 2.91. The molecule has 0 aliphatic heterocycles. The predicted octanol–water partition coefficient (Wildman–Crippen LogP) is 1.84. The molecule has 0 radical (unpaired) electrons. The first-order chi connectivity index (χ1) is 6.77. The molecule has 1 heterocycles. The van der Waals surface area contributed by atoms with Crippen molar-refractivity contribution in [2.24, 2.45) is 0 Å². The smallest absolute Gasteiger partial charge is 0.120 e. The van der Waals surface area contributed by atoms with Crippen molar-refractivity contribution in [3.8, 4) is 0 Å². The number of hydrogen-bond donors (Lipinski definition) is 2. The summed E-state index contributed by atoms with van der Waals surface area (Å²) in [4.78, 5) is 0. The molecule has 1 aliphatic carbocycles. The van der Waals surface area contributed by atoms with E-state index in [1.54, 1.807) is 6.26 Å². The van der Waals surface area contributed by atoms with Crippen molar-refractivity contribution in [3.05, 3.63) is 24.2 Å². The summed E-state index contributed by atoms with van der Waals surface area (Å²) in [5.74, 6) is 0.934. The van der Waals surface area contributed by atoms with Gasteiger partial charge in [0.15, 0.2) is 0 Å². The zero-order valence-corrected chi connectivity index (χ0v) is 8.44. The molecule has 1 fully saturated rings. The number of aliphatic hydroxyl groups excluding tert-OH is 1. The zero-order valence-electron chi connectivity index (χ0n) is 8.44. The fourth-order valence-corrected chi connectivity index (χ4v) is 2.08. The average Bonchev–Trinajstić information content (AvgIpc) is 2.77. The van der Waals surface area contributed by atoms with E-state index in [1.807, 2.05) is 12.1 Å². The summed E-state index contributed by atoms with van der Waals surface area (Å²) in [5, 5.41) is 13.0. The van der Waals surface area contributed by atoms with Gasteiger partial charge in [-0.2, -0.15) is 0 Å². The first-order valence-corrected chi connectivity index (χ1v) is 5.25. The van der Waals surface area contributed by atoms with E-state index < -0.39 is 0 Å². The van der Waals surface area contributed by atoms with Gasteiger partial charge in [0.25, 0.3) is 0 Å². The highest BCUT2D eigenvalue weighted by atomic mass is 16.3. The van der Waals surface area contributed by atoms with Gasteiger partial charge in [0.05, 0.1) is 18.4 Å². The quantitative estimate of drug-likeness (QED) is 0.773. The van der Waals surface area contributed by atoms with Crippen LogP contribution in [0.25, 0.3) is 0 Å². The predicted molar refractivity (Wildman–Crippen MR) is 53.9 cm³/mol. The Hall–Kier alpha value is -0.800. The molecule has 2 N–H and O–H groups in total. The molecule has 14 heavy (non-hydrogen) atoms. The van der Waals surface area contributed by atoms with E-state index in [4.69, 9.17) is 4.42 Å². The van der Waals surface area contributed by atoms with E-state index in [0.29, 0.717) is 0 Å². The van der Waals surface area contributed by atoms with Gasteiger partial charge in [0.2, 0.25) is 0 Å². The normalized spacial score (nSPS) is 29.3. The first kappa shape index (κ1) is 9.74. The van der Waals surface area contributed by atoms with Crippen molar-refractivity contribution in [2.75, 3.05) is 0 Å². The van der Waals surface area contributed by atoms with Crippen LogP contribution in [0.1, 0.15) is 38.0 Å². The third kappa shape index (κ3) is 1.99. The molecule has 1 unspecified atom stereocenters. The van der Waals surface area contributed by atoms with E-state index in [9.17, 15) is 5.11 Å². The molecule has 3 atom stereocenters. The van der Waals surface area contributed by atoms with Gasteiger partial charge >= 0.3 is 0 Å². The van der Waals surface area contributed by atoms with Gasteiger partial charge in [-0.05, 0) is 38.3 Å². The highest BCUT2D eigenvalue weighted by Gasteiger charge is 2.26.